The molecule has 3 atom stereocenters. The molecule has 0 N–H and O–H groups in total. The van der Waals surface area contributed by atoms with Crippen LogP contribution in [0.2, 0.25) is 0 Å². The van der Waals surface area contributed by atoms with Crippen LogP contribution in [-0.2, 0) is 22.6 Å². The van der Waals surface area contributed by atoms with Gasteiger partial charge in [0.25, 0.3) is 0 Å². The predicted octanol–water partition coefficient (Wildman–Crippen LogP) is 1.68. The van der Waals surface area contributed by atoms with E-state index in [0.717, 1.165) is 26.1 Å². The number of likely N-dealkylation sites (tertiary alicyclic amines) is 1. The van der Waals surface area contributed by atoms with E-state index in [-0.39, 0.29) is 12.0 Å². The topological polar surface area (TPSA) is 47.4 Å². The summed E-state index contributed by atoms with van der Waals surface area (Å²) < 4.78 is 6.97. The van der Waals surface area contributed by atoms with E-state index < -0.39 is 0 Å². The molecule has 5 heteroatoms. The highest BCUT2D eigenvalue weighted by molar-refractivity contribution is 5.76. The molecule has 1 saturated carbocycles. The third kappa shape index (κ3) is 2.35. The van der Waals surface area contributed by atoms with Gasteiger partial charge in [0.2, 0.25) is 0 Å². The van der Waals surface area contributed by atoms with E-state index in [0.29, 0.717) is 11.8 Å². The molecule has 2 heterocycles. The number of methoxy groups -OCH3 is 1. The summed E-state index contributed by atoms with van der Waals surface area (Å²) in [5.74, 6) is 1.09. The number of ether oxygens (including phenoxy) is 1. The zero-order valence-electron chi connectivity index (χ0n) is 12.3. The lowest BCUT2D eigenvalue weighted by molar-refractivity contribution is -0.147. The molecule has 0 spiro atoms. The Morgan fingerprint density at radius 2 is 2.35 bits per heavy atom. The van der Waals surface area contributed by atoms with E-state index in [4.69, 9.17) is 4.74 Å². The van der Waals surface area contributed by atoms with Crippen molar-refractivity contribution in [2.75, 3.05) is 13.7 Å². The average molecular weight is 277 g/mol. The third-order valence-corrected chi connectivity index (χ3v) is 4.82. The van der Waals surface area contributed by atoms with Crippen LogP contribution in [0.3, 0.4) is 0 Å². The van der Waals surface area contributed by atoms with Crippen molar-refractivity contribution in [3.8, 4) is 0 Å². The second-order valence-electron chi connectivity index (χ2n) is 5.96. The molecule has 0 amide bonds. The lowest BCUT2D eigenvalue weighted by atomic mass is 9.94. The fourth-order valence-corrected chi connectivity index (χ4v) is 3.90. The maximum atomic E-state index is 12.1. The highest BCUT2D eigenvalue weighted by Crippen LogP contribution is 2.43. The van der Waals surface area contributed by atoms with Crippen molar-refractivity contribution in [2.45, 2.75) is 45.3 Å². The van der Waals surface area contributed by atoms with Crippen molar-refractivity contribution in [3.05, 3.63) is 18.0 Å². The number of carbonyl (C=O) groups is 1. The van der Waals surface area contributed by atoms with Crippen LogP contribution in [0.5, 0.6) is 0 Å². The molecule has 2 aliphatic rings. The number of hydrogen-bond acceptors (Lipinski definition) is 4. The molecule has 5 nitrogen and oxygen atoms in total. The maximum Gasteiger partial charge on any atom is 0.323 e. The minimum Gasteiger partial charge on any atom is -0.468 e. The highest BCUT2D eigenvalue weighted by Gasteiger charge is 2.47. The predicted molar refractivity (Wildman–Crippen MR) is 74.9 cm³/mol. The molecule has 3 rings (SSSR count). The fraction of sp³-hybridized carbons (Fsp3) is 0.733. The molecule has 1 aliphatic heterocycles. The van der Waals surface area contributed by atoms with Crippen molar-refractivity contribution < 1.29 is 9.53 Å². The van der Waals surface area contributed by atoms with Crippen molar-refractivity contribution in [1.29, 1.82) is 0 Å². The van der Waals surface area contributed by atoms with Gasteiger partial charge >= 0.3 is 5.97 Å². The largest absolute Gasteiger partial charge is 0.468 e. The second kappa shape index (κ2) is 5.56. The number of nitrogens with zero attached hydrogens (tertiary/aromatic N) is 3. The standard InChI is InChI=1S/C15H23N3O2/c1-3-18-9-11(7-16-18)8-17-10-12-5-4-6-13(12)14(17)15(19)20-2/h7,9,12-14H,3-6,8,10H2,1-2H3/t12-,13+,14+/m0/s1. The Hall–Kier alpha value is -1.36. The summed E-state index contributed by atoms with van der Waals surface area (Å²) in [5.41, 5.74) is 1.18. The first-order valence-electron chi connectivity index (χ1n) is 7.56. The zero-order chi connectivity index (χ0) is 14.1. The molecular weight excluding hydrogens is 254 g/mol. The van der Waals surface area contributed by atoms with Crippen LogP contribution in [0.1, 0.15) is 31.7 Å². The molecule has 0 unspecified atom stereocenters. The van der Waals surface area contributed by atoms with Gasteiger partial charge in [0.05, 0.1) is 13.3 Å². The van der Waals surface area contributed by atoms with Crippen LogP contribution < -0.4 is 0 Å². The van der Waals surface area contributed by atoms with Gasteiger partial charge in [0, 0.05) is 31.4 Å². The van der Waals surface area contributed by atoms with E-state index in [1.807, 2.05) is 10.9 Å². The average Bonchev–Trinajstić information content (AvgIpc) is 3.13. The van der Waals surface area contributed by atoms with Gasteiger partial charge in [-0.15, -0.1) is 0 Å². The summed E-state index contributed by atoms with van der Waals surface area (Å²) in [6, 6.07) is -0.0579. The maximum absolute atomic E-state index is 12.1. The lowest BCUT2D eigenvalue weighted by Crippen LogP contribution is -2.39. The summed E-state index contributed by atoms with van der Waals surface area (Å²) in [5, 5.41) is 4.31. The summed E-state index contributed by atoms with van der Waals surface area (Å²) >= 11 is 0. The molecule has 1 aromatic rings. The first kappa shape index (κ1) is 13.6. The number of esters is 1. The first-order chi connectivity index (χ1) is 9.72. The van der Waals surface area contributed by atoms with Crippen LogP contribution in [0, 0.1) is 11.8 Å². The Morgan fingerprint density at radius 1 is 1.50 bits per heavy atom. The van der Waals surface area contributed by atoms with Crippen molar-refractivity contribution in [1.82, 2.24) is 14.7 Å². The number of carbonyl (C=O) groups excluding carboxylic acids is 1. The number of aryl methyl sites for hydroxylation is 1. The molecule has 2 fully saturated rings. The van der Waals surface area contributed by atoms with E-state index in [1.54, 1.807) is 0 Å². The molecule has 0 radical (unpaired) electrons. The van der Waals surface area contributed by atoms with Crippen LogP contribution >= 0.6 is 0 Å². The number of rotatable bonds is 4. The Bertz CT molecular complexity index is 485. The molecule has 20 heavy (non-hydrogen) atoms. The summed E-state index contributed by atoms with van der Waals surface area (Å²) in [4.78, 5) is 14.4. The minimum atomic E-state index is -0.0673. The molecular formula is C15H23N3O2. The molecule has 1 aromatic heterocycles. The van der Waals surface area contributed by atoms with Gasteiger partial charge in [-0.2, -0.15) is 5.10 Å². The Kier molecular flexibility index (Phi) is 3.78. The minimum absolute atomic E-state index is 0.0579. The number of hydrogen-bond donors (Lipinski definition) is 0. The normalized spacial score (nSPS) is 29.6. The van der Waals surface area contributed by atoms with Crippen molar-refractivity contribution in [3.63, 3.8) is 0 Å². The van der Waals surface area contributed by atoms with E-state index in [2.05, 4.69) is 23.1 Å². The molecule has 1 aliphatic carbocycles. The van der Waals surface area contributed by atoms with Gasteiger partial charge in [-0.3, -0.25) is 14.4 Å². The number of aromatic nitrogens is 2. The summed E-state index contributed by atoms with van der Waals surface area (Å²) in [6.07, 6.45) is 7.65. The number of fused-ring (bicyclic) bond motifs is 1. The monoisotopic (exact) mass is 277 g/mol. The fourth-order valence-electron chi connectivity index (χ4n) is 3.90. The van der Waals surface area contributed by atoms with Gasteiger partial charge < -0.3 is 4.74 Å². The van der Waals surface area contributed by atoms with Crippen LogP contribution in [0.25, 0.3) is 0 Å². The summed E-state index contributed by atoms with van der Waals surface area (Å²) in [7, 11) is 1.50. The van der Waals surface area contributed by atoms with E-state index >= 15 is 0 Å². The Balaban J connectivity index is 1.75. The van der Waals surface area contributed by atoms with Crippen molar-refractivity contribution in [2.24, 2.45) is 11.8 Å². The van der Waals surface area contributed by atoms with Gasteiger partial charge in [-0.05, 0) is 31.6 Å². The van der Waals surface area contributed by atoms with Crippen LogP contribution in [0.15, 0.2) is 12.4 Å². The van der Waals surface area contributed by atoms with Gasteiger partial charge in [-0.1, -0.05) is 6.42 Å². The van der Waals surface area contributed by atoms with Crippen LogP contribution in [-0.4, -0.2) is 40.3 Å². The van der Waals surface area contributed by atoms with Gasteiger partial charge in [0.1, 0.15) is 6.04 Å². The Labute approximate surface area is 119 Å². The quantitative estimate of drug-likeness (QED) is 0.786. The molecule has 0 bridgehead atoms. The van der Waals surface area contributed by atoms with Crippen molar-refractivity contribution >= 4 is 5.97 Å². The lowest BCUT2D eigenvalue weighted by Gasteiger charge is -2.24. The first-order valence-corrected chi connectivity index (χ1v) is 7.56. The SMILES string of the molecule is CCn1cc(CN2C[C@@H]3CCC[C@H]3[C@@H]2C(=O)OC)cn1. The molecule has 0 aromatic carbocycles. The van der Waals surface area contributed by atoms with E-state index in [9.17, 15) is 4.79 Å². The molecule has 1 saturated heterocycles. The zero-order valence-corrected chi connectivity index (χ0v) is 12.3. The smallest absolute Gasteiger partial charge is 0.323 e. The highest BCUT2D eigenvalue weighted by atomic mass is 16.5. The van der Waals surface area contributed by atoms with E-state index in [1.165, 1.54) is 25.5 Å². The third-order valence-electron chi connectivity index (χ3n) is 4.82. The summed E-state index contributed by atoms with van der Waals surface area (Å²) in [6.45, 7) is 4.77. The van der Waals surface area contributed by atoms with Gasteiger partial charge in [0.15, 0.2) is 0 Å². The van der Waals surface area contributed by atoms with Crippen LogP contribution in [0.4, 0.5) is 0 Å². The Morgan fingerprint density at radius 3 is 3.05 bits per heavy atom. The van der Waals surface area contributed by atoms with Gasteiger partial charge in [-0.25, -0.2) is 0 Å². The molecule has 110 valence electrons. The second-order valence-corrected chi connectivity index (χ2v) is 5.96.